The van der Waals surface area contributed by atoms with Crippen LogP contribution in [0.4, 0.5) is 0 Å². The Hall–Kier alpha value is -0.348. The first kappa shape index (κ1) is 27.1. The molecule has 0 saturated carbocycles. The maximum atomic E-state index is 6.64. The predicted octanol–water partition coefficient (Wildman–Crippen LogP) is 5.12. The van der Waals surface area contributed by atoms with E-state index in [0.29, 0.717) is 11.8 Å². The van der Waals surface area contributed by atoms with Crippen LogP contribution in [0, 0.1) is 50.4 Å². The minimum atomic E-state index is 0. The molecule has 0 radical (unpaired) electrons. The molecule has 0 fully saturated rings. The Bertz CT molecular complexity index is 173. The zero-order chi connectivity index (χ0) is 14.8. The van der Waals surface area contributed by atoms with E-state index in [-0.39, 0.29) is 17.4 Å². The summed E-state index contributed by atoms with van der Waals surface area (Å²) in [6.45, 7) is 15.5. The van der Waals surface area contributed by atoms with Gasteiger partial charge in [0.15, 0.2) is 0 Å². The van der Waals surface area contributed by atoms with Crippen LogP contribution in [0.15, 0.2) is 0 Å². The molecule has 0 aromatic carbocycles. The van der Waals surface area contributed by atoms with Crippen LogP contribution in [-0.2, 0) is 0 Å². The van der Waals surface area contributed by atoms with Crippen molar-refractivity contribution in [1.82, 2.24) is 0 Å². The molecule has 0 aliphatic rings. The summed E-state index contributed by atoms with van der Waals surface area (Å²) in [4.78, 5) is 0. The quantitative estimate of drug-likeness (QED) is 0.282. The van der Waals surface area contributed by atoms with Gasteiger partial charge in [-0.05, 0) is 19.3 Å². The molecular formula is C18H31Al. The molecule has 0 aliphatic heterocycles. The van der Waals surface area contributed by atoms with Crippen LogP contribution in [0.1, 0.15) is 66.2 Å². The average Bonchev–Trinajstić information content (AvgIpc) is 2.22. The summed E-state index contributed by atoms with van der Waals surface area (Å²) in [5.41, 5.74) is 0. The monoisotopic (exact) mass is 274 g/mol. The summed E-state index contributed by atoms with van der Waals surface area (Å²) in [7, 11) is 0. The summed E-state index contributed by atoms with van der Waals surface area (Å²) in [6.07, 6.45) is 18.0. The summed E-state index contributed by atoms with van der Waals surface area (Å²) < 4.78 is 0. The molecule has 19 heavy (non-hydrogen) atoms. The van der Waals surface area contributed by atoms with Crippen molar-refractivity contribution in [3.05, 3.63) is 20.3 Å². The van der Waals surface area contributed by atoms with Gasteiger partial charge in [0, 0.05) is 6.42 Å². The molecule has 0 rings (SSSR count). The topological polar surface area (TPSA) is 0 Å². The third-order valence-electron chi connectivity index (χ3n) is 1.37. The second-order valence-electron chi connectivity index (χ2n) is 5.08. The Morgan fingerprint density at radius 3 is 1.47 bits per heavy atom. The Labute approximate surface area is 134 Å². The molecule has 0 aliphatic carbocycles. The van der Waals surface area contributed by atoms with E-state index >= 15 is 0 Å². The van der Waals surface area contributed by atoms with E-state index < -0.39 is 0 Å². The molecule has 0 heterocycles. The van der Waals surface area contributed by atoms with E-state index in [4.69, 9.17) is 12.8 Å². The summed E-state index contributed by atoms with van der Waals surface area (Å²) in [6, 6.07) is 0. The van der Waals surface area contributed by atoms with E-state index in [0.717, 1.165) is 25.7 Å². The van der Waals surface area contributed by atoms with Gasteiger partial charge in [0.2, 0.25) is 0 Å². The van der Waals surface area contributed by atoms with E-state index in [9.17, 15) is 0 Å². The number of hydrogen-bond donors (Lipinski definition) is 0. The molecule has 106 valence electrons. The van der Waals surface area contributed by atoms with Crippen LogP contribution in [0.2, 0.25) is 0 Å². The Morgan fingerprint density at radius 1 is 0.895 bits per heavy atom. The van der Waals surface area contributed by atoms with Gasteiger partial charge in [-0.15, -0.1) is 12.3 Å². The Balaban J connectivity index is -0.000000105. The van der Waals surface area contributed by atoms with E-state index in [1.54, 1.807) is 0 Å². The fraction of sp³-hybridized carbons (Fsp3) is 0.667. The fourth-order valence-electron chi connectivity index (χ4n) is 0.794. The summed E-state index contributed by atoms with van der Waals surface area (Å²) in [5, 5.41) is 0. The van der Waals surface area contributed by atoms with Gasteiger partial charge in [0.05, 0.1) is 0 Å². The van der Waals surface area contributed by atoms with Crippen molar-refractivity contribution >= 4 is 17.4 Å². The zero-order valence-corrected chi connectivity index (χ0v) is 14.6. The molecule has 0 spiro atoms. The van der Waals surface area contributed by atoms with Gasteiger partial charge >= 0.3 is 17.4 Å². The maximum Gasteiger partial charge on any atom is 3.00 e. The Kier molecular flexibility index (Phi) is 37.4. The predicted molar refractivity (Wildman–Crippen MR) is 89.8 cm³/mol. The maximum absolute atomic E-state index is 6.64. The molecule has 0 unspecified atom stereocenters. The van der Waals surface area contributed by atoms with Gasteiger partial charge < -0.3 is 26.2 Å². The van der Waals surface area contributed by atoms with Crippen molar-refractivity contribution < 1.29 is 0 Å². The van der Waals surface area contributed by atoms with Crippen molar-refractivity contribution in [2.24, 2.45) is 11.8 Å². The molecule has 0 N–H and O–H groups in total. The molecule has 0 bridgehead atoms. The number of hydrogen-bond acceptors (Lipinski definition) is 0. The number of unbranched alkanes of at least 4 members (excludes halogenated alkanes) is 5. The molecule has 0 aromatic heterocycles. The van der Waals surface area contributed by atoms with Crippen LogP contribution in [0.25, 0.3) is 0 Å². The summed E-state index contributed by atoms with van der Waals surface area (Å²) in [5.74, 6) is 6.14. The third kappa shape index (κ3) is 97.7. The van der Waals surface area contributed by atoms with Crippen LogP contribution in [0.3, 0.4) is 0 Å². The van der Waals surface area contributed by atoms with Gasteiger partial charge in [0.1, 0.15) is 0 Å². The van der Waals surface area contributed by atoms with E-state index in [2.05, 4.69) is 53.4 Å². The first-order valence-corrected chi connectivity index (χ1v) is 6.87. The van der Waals surface area contributed by atoms with Crippen molar-refractivity contribution in [2.45, 2.75) is 66.2 Å². The zero-order valence-electron chi connectivity index (χ0n) is 13.5. The van der Waals surface area contributed by atoms with Gasteiger partial charge in [-0.2, -0.15) is 11.8 Å². The molecule has 0 nitrogen and oxygen atoms in total. The first-order chi connectivity index (χ1) is 8.38. The van der Waals surface area contributed by atoms with Gasteiger partial charge in [-0.25, -0.2) is 0 Å². The smallest absolute Gasteiger partial charge is 0.694 e. The minimum Gasteiger partial charge on any atom is -0.694 e. The van der Waals surface area contributed by atoms with Crippen LogP contribution < -0.4 is 0 Å². The van der Waals surface area contributed by atoms with E-state index in [1.165, 1.54) is 12.8 Å². The third-order valence-corrected chi connectivity index (χ3v) is 1.37. The first-order valence-electron chi connectivity index (χ1n) is 6.87. The van der Waals surface area contributed by atoms with Crippen molar-refractivity contribution in [2.75, 3.05) is 0 Å². The van der Waals surface area contributed by atoms with E-state index in [1.807, 2.05) is 0 Å². The largest absolute Gasteiger partial charge is 3.00 e. The van der Waals surface area contributed by atoms with Gasteiger partial charge in [-0.3, -0.25) is 0 Å². The molecule has 0 aromatic rings. The molecule has 1 heteroatoms. The van der Waals surface area contributed by atoms with Gasteiger partial charge in [0.25, 0.3) is 0 Å². The van der Waals surface area contributed by atoms with Crippen molar-refractivity contribution in [3.63, 3.8) is 0 Å². The van der Waals surface area contributed by atoms with Crippen LogP contribution in [-0.4, -0.2) is 17.4 Å². The molecular weight excluding hydrogens is 243 g/mol. The molecule has 0 atom stereocenters. The van der Waals surface area contributed by atoms with Crippen LogP contribution in [0.5, 0.6) is 0 Å². The SMILES string of the molecule is [Al+3].[C-]#CCCCCCCC#C.[CH2-]C(C)C.[CH2-]C(C)C. The number of rotatable bonds is 5. The van der Waals surface area contributed by atoms with Crippen molar-refractivity contribution in [3.8, 4) is 18.3 Å². The summed E-state index contributed by atoms with van der Waals surface area (Å²) >= 11 is 0. The normalized spacial score (nSPS) is 8.11. The minimum absolute atomic E-state index is 0. The number of terminal acetylenes is 1. The molecule has 0 saturated heterocycles. The molecule has 0 amide bonds. The second kappa shape index (κ2) is 26.3. The van der Waals surface area contributed by atoms with Crippen molar-refractivity contribution in [1.29, 1.82) is 0 Å². The fourth-order valence-corrected chi connectivity index (χ4v) is 0.794. The Morgan fingerprint density at radius 2 is 1.21 bits per heavy atom. The van der Waals surface area contributed by atoms with Crippen LogP contribution >= 0.6 is 0 Å². The second-order valence-corrected chi connectivity index (χ2v) is 5.08. The standard InChI is InChI=1S/C10H13.2C4H9.Al/c1-3-5-7-9-10-8-6-4-2;2*1-4(2)3;/h1H,5-10H2;2*4H,1H2,2-3H3;/q3*-1;+3. The average molecular weight is 274 g/mol. The van der Waals surface area contributed by atoms with Gasteiger partial charge in [-0.1, -0.05) is 40.5 Å².